The van der Waals surface area contributed by atoms with E-state index in [1.165, 1.54) is 0 Å². The minimum absolute atomic E-state index is 0.378. The Morgan fingerprint density at radius 3 is 3.00 bits per heavy atom. The number of rotatable bonds is 6. The molecule has 0 aliphatic heterocycles. The molecule has 0 aromatic carbocycles. The highest BCUT2D eigenvalue weighted by Gasteiger charge is 2.04. The first-order valence-electron chi connectivity index (χ1n) is 4.98. The monoisotopic (exact) mass is 195 g/mol. The molecule has 0 aliphatic carbocycles. The van der Waals surface area contributed by atoms with Gasteiger partial charge in [0, 0.05) is 18.5 Å². The predicted molar refractivity (Wildman–Crippen MR) is 55.1 cm³/mol. The number of hydrogen-bond acceptors (Lipinski definition) is 3. The average Bonchev–Trinajstić information content (AvgIpc) is 2.25. The molecule has 0 fully saturated rings. The van der Waals surface area contributed by atoms with Crippen LogP contribution in [0.5, 0.6) is 0 Å². The summed E-state index contributed by atoms with van der Waals surface area (Å²) in [7, 11) is 0. The second-order valence-corrected chi connectivity index (χ2v) is 3.17. The fourth-order valence-corrected chi connectivity index (χ4v) is 1.20. The molecular weight excluding hydrogens is 178 g/mol. The van der Waals surface area contributed by atoms with E-state index in [1.807, 2.05) is 25.1 Å². The van der Waals surface area contributed by atoms with E-state index in [1.54, 1.807) is 6.20 Å². The van der Waals surface area contributed by atoms with Gasteiger partial charge in [0.05, 0.1) is 12.7 Å². The van der Waals surface area contributed by atoms with Crippen molar-refractivity contribution in [1.82, 2.24) is 4.98 Å². The lowest BCUT2D eigenvalue weighted by atomic mass is 10.1. The van der Waals surface area contributed by atoms with Crippen molar-refractivity contribution >= 4 is 0 Å². The number of ether oxygens (including phenoxy) is 1. The molecule has 1 aromatic heterocycles. The number of nitrogens with zero attached hydrogens (tertiary/aromatic N) is 1. The highest BCUT2D eigenvalue weighted by molar-refractivity contribution is 5.03. The second-order valence-electron chi connectivity index (χ2n) is 3.17. The third-order valence-corrected chi connectivity index (χ3v) is 1.97. The third kappa shape index (κ3) is 4.35. The Bertz CT molecular complexity index is 238. The summed E-state index contributed by atoms with van der Waals surface area (Å²) >= 11 is 0. The lowest BCUT2D eigenvalue weighted by molar-refractivity contribution is 0.0383. The SMILES string of the molecule is CCOCC(O)CCc1ccccn1. The Kier molecular flexibility index (Phi) is 5.19. The predicted octanol–water partition coefficient (Wildman–Crippen LogP) is 1.41. The quantitative estimate of drug-likeness (QED) is 0.746. The zero-order valence-electron chi connectivity index (χ0n) is 8.52. The van der Waals surface area contributed by atoms with Gasteiger partial charge in [0.2, 0.25) is 0 Å². The van der Waals surface area contributed by atoms with Gasteiger partial charge in [-0.15, -0.1) is 0 Å². The van der Waals surface area contributed by atoms with Gasteiger partial charge in [-0.3, -0.25) is 4.98 Å². The van der Waals surface area contributed by atoms with Crippen LogP contribution in [0, 0.1) is 0 Å². The first kappa shape index (κ1) is 11.1. The number of hydrogen-bond donors (Lipinski definition) is 1. The van der Waals surface area contributed by atoms with Crippen LogP contribution in [0.25, 0.3) is 0 Å². The van der Waals surface area contributed by atoms with Crippen molar-refractivity contribution in [2.24, 2.45) is 0 Å². The van der Waals surface area contributed by atoms with Crippen LogP contribution >= 0.6 is 0 Å². The standard InChI is InChI=1S/C11H17NO2/c1-2-14-9-11(13)7-6-10-5-3-4-8-12-10/h3-5,8,11,13H,2,6-7,9H2,1H3. The largest absolute Gasteiger partial charge is 0.391 e. The van der Waals surface area contributed by atoms with Gasteiger partial charge in [0.15, 0.2) is 0 Å². The van der Waals surface area contributed by atoms with Crippen molar-refractivity contribution in [2.75, 3.05) is 13.2 Å². The molecule has 0 saturated heterocycles. The number of aliphatic hydroxyl groups is 1. The zero-order chi connectivity index (χ0) is 10.2. The van der Waals surface area contributed by atoms with E-state index in [9.17, 15) is 5.11 Å². The van der Waals surface area contributed by atoms with Crippen LogP contribution in [-0.2, 0) is 11.2 Å². The van der Waals surface area contributed by atoms with Crippen LogP contribution in [0.15, 0.2) is 24.4 Å². The highest BCUT2D eigenvalue weighted by atomic mass is 16.5. The topological polar surface area (TPSA) is 42.4 Å². The molecule has 3 nitrogen and oxygen atoms in total. The molecule has 14 heavy (non-hydrogen) atoms. The normalized spacial score (nSPS) is 12.7. The van der Waals surface area contributed by atoms with Gasteiger partial charge in [0.1, 0.15) is 0 Å². The first-order valence-corrected chi connectivity index (χ1v) is 4.98. The molecule has 0 bridgehead atoms. The minimum Gasteiger partial charge on any atom is -0.391 e. The summed E-state index contributed by atoms with van der Waals surface area (Å²) in [6.07, 6.45) is 2.90. The van der Waals surface area contributed by atoms with Crippen LogP contribution in [-0.4, -0.2) is 29.4 Å². The number of pyridine rings is 1. The van der Waals surface area contributed by atoms with E-state index in [0.717, 1.165) is 12.1 Å². The molecule has 1 aromatic rings. The van der Waals surface area contributed by atoms with Gasteiger partial charge in [-0.1, -0.05) is 6.07 Å². The molecule has 1 rings (SSSR count). The molecule has 1 atom stereocenters. The molecule has 1 unspecified atom stereocenters. The van der Waals surface area contributed by atoms with Crippen molar-refractivity contribution in [3.8, 4) is 0 Å². The lowest BCUT2D eigenvalue weighted by Crippen LogP contribution is -2.16. The summed E-state index contributed by atoms with van der Waals surface area (Å²) in [5.41, 5.74) is 1.02. The van der Waals surface area contributed by atoms with E-state index in [4.69, 9.17) is 4.74 Å². The summed E-state index contributed by atoms with van der Waals surface area (Å²) in [6, 6.07) is 5.81. The number of aliphatic hydroxyl groups excluding tert-OH is 1. The van der Waals surface area contributed by atoms with Crippen molar-refractivity contribution < 1.29 is 9.84 Å². The fraction of sp³-hybridized carbons (Fsp3) is 0.545. The van der Waals surface area contributed by atoms with E-state index in [2.05, 4.69) is 4.98 Å². The molecular formula is C11H17NO2. The van der Waals surface area contributed by atoms with Gasteiger partial charge < -0.3 is 9.84 Å². The zero-order valence-corrected chi connectivity index (χ0v) is 8.52. The highest BCUT2D eigenvalue weighted by Crippen LogP contribution is 2.02. The van der Waals surface area contributed by atoms with E-state index < -0.39 is 0 Å². The molecule has 1 N–H and O–H groups in total. The third-order valence-electron chi connectivity index (χ3n) is 1.97. The Morgan fingerprint density at radius 2 is 2.36 bits per heavy atom. The maximum Gasteiger partial charge on any atom is 0.0777 e. The van der Waals surface area contributed by atoms with E-state index in [0.29, 0.717) is 19.6 Å². The van der Waals surface area contributed by atoms with Crippen molar-refractivity contribution in [2.45, 2.75) is 25.9 Å². The Balaban J connectivity index is 2.20. The Hall–Kier alpha value is -0.930. The van der Waals surface area contributed by atoms with Crippen molar-refractivity contribution in [3.05, 3.63) is 30.1 Å². The molecule has 0 amide bonds. The minimum atomic E-state index is -0.378. The molecule has 1 heterocycles. The average molecular weight is 195 g/mol. The van der Waals surface area contributed by atoms with Gasteiger partial charge >= 0.3 is 0 Å². The van der Waals surface area contributed by atoms with Crippen LogP contribution in [0.4, 0.5) is 0 Å². The van der Waals surface area contributed by atoms with Crippen LogP contribution in [0.2, 0.25) is 0 Å². The first-order chi connectivity index (χ1) is 6.83. The van der Waals surface area contributed by atoms with E-state index >= 15 is 0 Å². The summed E-state index contributed by atoms with van der Waals surface area (Å²) in [5, 5.41) is 9.49. The molecule has 0 radical (unpaired) electrons. The Labute approximate surface area is 84.7 Å². The van der Waals surface area contributed by atoms with Gasteiger partial charge in [-0.2, -0.15) is 0 Å². The Morgan fingerprint density at radius 1 is 1.50 bits per heavy atom. The molecule has 3 heteroatoms. The lowest BCUT2D eigenvalue weighted by Gasteiger charge is -2.09. The molecule has 0 aliphatic rings. The maximum atomic E-state index is 9.49. The number of aromatic nitrogens is 1. The van der Waals surface area contributed by atoms with Crippen LogP contribution in [0.3, 0.4) is 0 Å². The van der Waals surface area contributed by atoms with Gasteiger partial charge in [-0.05, 0) is 31.9 Å². The fourth-order valence-electron chi connectivity index (χ4n) is 1.20. The van der Waals surface area contributed by atoms with Gasteiger partial charge in [-0.25, -0.2) is 0 Å². The molecule has 0 spiro atoms. The second kappa shape index (κ2) is 6.51. The van der Waals surface area contributed by atoms with Gasteiger partial charge in [0.25, 0.3) is 0 Å². The summed E-state index contributed by atoms with van der Waals surface area (Å²) in [5.74, 6) is 0. The molecule has 78 valence electrons. The smallest absolute Gasteiger partial charge is 0.0777 e. The summed E-state index contributed by atoms with van der Waals surface area (Å²) in [6.45, 7) is 3.00. The van der Waals surface area contributed by atoms with Crippen LogP contribution in [0.1, 0.15) is 19.0 Å². The summed E-state index contributed by atoms with van der Waals surface area (Å²) < 4.78 is 5.11. The van der Waals surface area contributed by atoms with Crippen molar-refractivity contribution in [3.63, 3.8) is 0 Å². The van der Waals surface area contributed by atoms with E-state index in [-0.39, 0.29) is 6.10 Å². The maximum absolute atomic E-state index is 9.49. The van der Waals surface area contributed by atoms with Crippen LogP contribution < -0.4 is 0 Å². The molecule has 0 saturated carbocycles. The summed E-state index contributed by atoms with van der Waals surface area (Å²) in [4.78, 5) is 4.18. The van der Waals surface area contributed by atoms with Crippen molar-refractivity contribution in [1.29, 1.82) is 0 Å². The number of aryl methyl sites for hydroxylation is 1.